The zero-order chi connectivity index (χ0) is 16.8. The minimum Gasteiger partial charge on any atom is -0.328 e. The Labute approximate surface area is 151 Å². The summed E-state index contributed by atoms with van der Waals surface area (Å²) in [5.41, 5.74) is 2.57. The molecule has 0 aliphatic heterocycles. The summed E-state index contributed by atoms with van der Waals surface area (Å²) in [4.78, 5) is 6.47. The van der Waals surface area contributed by atoms with Gasteiger partial charge in [-0.25, -0.2) is 4.98 Å². The molecule has 1 aromatic heterocycles. The van der Waals surface area contributed by atoms with Crippen LogP contribution in [0.3, 0.4) is 0 Å². The summed E-state index contributed by atoms with van der Waals surface area (Å²) in [5.74, 6) is 3.26. The van der Waals surface area contributed by atoms with Gasteiger partial charge < -0.3 is 4.57 Å². The van der Waals surface area contributed by atoms with E-state index in [0.29, 0.717) is 5.92 Å². The molecule has 0 N–H and O–H groups in total. The van der Waals surface area contributed by atoms with Crippen molar-refractivity contribution in [2.75, 3.05) is 5.75 Å². The number of fused-ring (bicyclic) bond motifs is 1. The van der Waals surface area contributed by atoms with Crippen LogP contribution >= 0.6 is 11.8 Å². The van der Waals surface area contributed by atoms with Crippen LogP contribution in [0.1, 0.15) is 83.4 Å². The number of aromatic nitrogens is 2. The van der Waals surface area contributed by atoms with Crippen molar-refractivity contribution >= 4 is 22.8 Å². The van der Waals surface area contributed by atoms with E-state index in [4.69, 9.17) is 4.98 Å². The summed E-state index contributed by atoms with van der Waals surface area (Å²) in [7, 11) is 0. The van der Waals surface area contributed by atoms with Gasteiger partial charge in [-0.1, -0.05) is 46.0 Å². The van der Waals surface area contributed by atoms with Crippen molar-refractivity contribution in [2.24, 2.45) is 0 Å². The third kappa shape index (κ3) is 4.17. The minimum absolute atomic E-state index is 0.690. The summed E-state index contributed by atoms with van der Waals surface area (Å²) in [6.45, 7) is 5.68. The predicted octanol–water partition coefficient (Wildman–Crippen LogP) is 6.78. The average molecular weight is 345 g/mol. The van der Waals surface area contributed by atoms with Gasteiger partial charge in [-0.2, -0.15) is 0 Å². The van der Waals surface area contributed by atoms with E-state index < -0.39 is 0 Å². The zero-order valence-electron chi connectivity index (χ0n) is 15.4. The van der Waals surface area contributed by atoms with Crippen LogP contribution in [0.2, 0.25) is 0 Å². The number of unbranched alkanes of at least 4 members (excludes halogenated alkanes) is 3. The number of rotatable bonds is 9. The lowest BCUT2D eigenvalue weighted by atomic mass is 10.1. The van der Waals surface area contributed by atoms with E-state index in [0.717, 1.165) is 6.54 Å². The minimum atomic E-state index is 0.690. The highest BCUT2D eigenvalue weighted by Gasteiger charge is 2.23. The molecule has 2 aromatic rings. The zero-order valence-corrected chi connectivity index (χ0v) is 16.2. The molecule has 2 nitrogen and oxygen atoms in total. The highest BCUT2D eigenvalue weighted by molar-refractivity contribution is 7.99. The van der Waals surface area contributed by atoms with E-state index in [1.54, 1.807) is 0 Å². The standard InChI is InChI=1S/C21H32N2S/c1-3-5-6-9-14-23-20-16-18(24-15-4-2)12-13-19(20)22-21(23)17-10-7-8-11-17/h12-13,16-17H,3-11,14-15H2,1-2H3. The van der Waals surface area contributed by atoms with Crippen LogP contribution in [0.5, 0.6) is 0 Å². The molecule has 0 saturated heterocycles. The maximum absolute atomic E-state index is 5.07. The van der Waals surface area contributed by atoms with Gasteiger partial charge >= 0.3 is 0 Å². The molecular weight excluding hydrogens is 312 g/mol. The Kier molecular flexibility index (Phi) is 6.65. The summed E-state index contributed by atoms with van der Waals surface area (Å²) < 4.78 is 2.57. The summed E-state index contributed by atoms with van der Waals surface area (Å²) in [5, 5.41) is 0. The summed E-state index contributed by atoms with van der Waals surface area (Å²) in [6, 6.07) is 6.89. The normalized spacial score (nSPS) is 15.6. The Balaban J connectivity index is 1.88. The van der Waals surface area contributed by atoms with E-state index in [2.05, 4.69) is 36.6 Å². The van der Waals surface area contributed by atoms with Crippen molar-refractivity contribution in [1.29, 1.82) is 0 Å². The molecule has 0 spiro atoms. The van der Waals surface area contributed by atoms with Gasteiger partial charge in [0, 0.05) is 17.4 Å². The monoisotopic (exact) mass is 344 g/mol. The molecular formula is C21H32N2S. The molecule has 24 heavy (non-hydrogen) atoms. The fourth-order valence-electron chi connectivity index (χ4n) is 3.86. The van der Waals surface area contributed by atoms with E-state index >= 15 is 0 Å². The van der Waals surface area contributed by atoms with Crippen LogP contribution in [0, 0.1) is 0 Å². The third-order valence-electron chi connectivity index (χ3n) is 5.18. The van der Waals surface area contributed by atoms with E-state index in [1.165, 1.54) is 85.3 Å². The molecule has 0 unspecified atom stereocenters. The SMILES string of the molecule is CCCCCCn1c(C2CCCC2)nc2ccc(SCCC)cc21. The first-order chi connectivity index (χ1) is 11.8. The molecule has 3 rings (SSSR count). The molecule has 1 fully saturated rings. The molecule has 1 heterocycles. The van der Waals surface area contributed by atoms with Crippen LogP contribution in [0.25, 0.3) is 11.0 Å². The first kappa shape index (κ1) is 17.8. The molecule has 3 heteroatoms. The van der Waals surface area contributed by atoms with Crippen molar-refractivity contribution in [3.05, 3.63) is 24.0 Å². The van der Waals surface area contributed by atoms with Gasteiger partial charge in [0.15, 0.2) is 0 Å². The molecule has 0 radical (unpaired) electrons. The third-order valence-corrected chi connectivity index (χ3v) is 6.38. The smallest absolute Gasteiger partial charge is 0.112 e. The second kappa shape index (κ2) is 8.94. The van der Waals surface area contributed by atoms with Crippen LogP contribution in [0.4, 0.5) is 0 Å². The molecule has 1 saturated carbocycles. The predicted molar refractivity (Wildman–Crippen MR) is 106 cm³/mol. The molecule has 0 amide bonds. The first-order valence-electron chi connectivity index (χ1n) is 9.96. The van der Waals surface area contributed by atoms with Crippen LogP contribution in [-0.4, -0.2) is 15.3 Å². The van der Waals surface area contributed by atoms with E-state index in [9.17, 15) is 0 Å². The van der Waals surface area contributed by atoms with Crippen LogP contribution in [-0.2, 0) is 6.54 Å². The van der Waals surface area contributed by atoms with E-state index in [1.807, 2.05) is 11.8 Å². The second-order valence-corrected chi connectivity index (χ2v) is 8.33. The lowest BCUT2D eigenvalue weighted by Gasteiger charge is -2.14. The summed E-state index contributed by atoms with van der Waals surface area (Å²) in [6.07, 6.45) is 11.9. The number of aryl methyl sites for hydroxylation is 1. The lowest BCUT2D eigenvalue weighted by molar-refractivity contribution is 0.545. The molecule has 132 valence electrons. The molecule has 1 aromatic carbocycles. The van der Waals surface area contributed by atoms with Crippen molar-refractivity contribution in [2.45, 2.75) is 89.0 Å². The molecule has 0 atom stereocenters. The first-order valence-corrected chi connectivity index (χ1v) is 10.9. The Morgan fingerprint density at radius 2 is 1.92 bits per heavy atom. The Bertz CT molecular complexity index is 641. The highest BCUT2D eigenvalue weighted by Crippen LogP contribution is 2.36. The maximum Gasteiger partial charge on any atom is 0.112 e. The fourth-order valence-corrected chi connectivity index (χ4v) is 4.66. The highest BCUT2D eigenvalue weighted by atomic mass is 32.2. The van der Waals surface area contributed by atoms with Crippen molar-refractivity contribution in [1.82, 2.24) is 9.55 Å². The molecule has 1 aliphatic rings. The molecule has 0 bridgehead atoms. The Hall–Kier alpha value is -0.960. The van der Waals surface area contributed by atoms with Crippen molar-refractivity contribution in [3.8, 4) is 0 Å². The quantitative estimate of drug-likeness (QED) is 0.369. The number of nitrogens with zero attached hydrogens (tertiary/aromatic N) is 2. The molecule has 1 aliphatic carbocycles. The largest absolute Gasteiger partial charge is 0.328 e. The van der Waals surface area contributed by atoms with Gasteiger partial charge in [-0.3, -0.25) is 0 Å². The topological polar surface area (TPSA) is 17.8 Å². The van der Waals surface area contributed by atoms with Gasteiger partial charge in [-0.05, 0) is 49.6 Å². The Morgan fingerprint density at radius 3 is 2.67 bits per heavy atom. The van der Waals surface area contributed by atoms with Crippen LogP contribution < -0.4 is 0 Å². The number of hydrogen-bond acceptors (Lipinski definition) is 2. The second-order valence-electron chi connectivity index (χ2n) is 7.16. The lowest BCUT2D eigenvalue weighted by Crippen LogP contribution is -2.07. The average Bonchev–Trinajstić information content (AvgIpc) is 3.24. The van der Waals surface area contributed by atoms with E-state index in [-0.39, 0.29) is 0 Å². The maximum atomic E-state index is 5.07. The van der Waals surface area contributed by atoms with Crippen LogP contribution in [0.15, 0.2) is 23.1 Å². The van der Waals surface area contributed by atoms with Gasteiger partial charge in [0.1, 0.15) is 5.82 Å². The fraction of sp³-hybridized carbons (Fsp3) is 0.667. The van der Waals surface area contributed by atoms with Gasteiger partial charge in [0.05, 0.1) is 11.0 Å². The Morgan fingerprint density at radius 1 is 1.08 bits per heavy atom. The van der Waals surface area contributed by atoms with Gasteiger partial charge in [-0.15, -0.1) is 11.8 Å². The number of benzene rings is 1. The van der Waals surface area contributed by atoms with Crippen molar-refractivity contribution < 1.29 is 0 Å². The number of thioether (sulfide) groups is 1. The number of imidazole rings is 1. The summed E-state index contributed by atoms with van der Waals surface area (Å²) >= 11 is 1.98. The van der Waals surface area contributed by atoms with Gasteiger partial charge in [0.25, 0.3) is 0 Å². The van der Waals surface area contributed by atoms with Gasteiger partial charge in [0.2, 0.25) is 0 Å². The number of hydrogen-bond donors (Lipinski definition) is 0. The van der Waals surface area contributed by atoms with Crippen molar-refractivity contribution in [3.63, 3.8) is 0 Å².